The van der Waals surface area contributed by atoms with Crippen molar-refractivity contribution in [1.82, 2.24) is 4.90 Å². The first kappa shape index (κ1) is 14.3. The number of morpholine rings is 1. The summed E-state index contributed by atoms with van der Waals surface area (Å²) < 4.78 is 10.9. The molecule has 1 aliphatic heterocycles. The van der Waals surface area contributed by atoms with Crippen molar-refractivity contribution in [2.24, 2.45) is 0 Å². The summed E-state index contributed by atoms with van der Waals surface area (Å²) >= 11 is 0. The van der Waals surface area contributed by atoms with Crippen LogP contribution in [0.5, 0.6) is 5.75 Å². The van der Waals surface area contributed by atoms with E-state index in [1.165, 1.54) is 0 Å². The summed E-state index contributed by atoms with van der Waals surface area (Å²) in [5.41, 5.74) is 0.604. The van der Waals surface area contributed by atoms with Crippen LogP contribution in [0.3, 0.4) is 0 Å². The van der Waals surface area contributed by atoms with Gasteiger partial charge < -0.3 is 9.47 Å². The van der Waals surface area contributed by atoms with E-state index >= 15 is 0 Å². The Morgan fingerprint density at radius 2 is 2.30 bits per heavy atom. The summed E-state index contributed by atoms with van der Waals surface area (Å²) in [4.78, 5) is 2.21. The molecule has 5 heteroatoms. The lowest BCUT2D eigenvalue weighted by Crippen LogP contribution is -2.42. The zero-order valence-electron chi connectivity index (χ0n) is 11.3. The Balaban J connectivity index is 1.69. The van der Waals surface area contributed by atoms with Gasteiger partial charge in [-0.3, -0.25) is 4.90 Å². The fraction of sp³-hybridized carbons (Fsp3) is 0.467. The summed E-state index contributed by atoms with van der Waals surface area (Å²) in [6.45, 7) is 3.63. The molecule has 5 nitrogen and oxygen atoms in total. The van der Waals surface area contributed by atoms with Crippen molar-refractivity contribution in [2.75, 3.05) is 32.8 Å². The zero-order chi connectivity index (χ0) is 14.2. The minimum atomic E-state index is -0.308. The predicted octanol–water partition coefficient (Wildman–Crippen LogP) is 1.55. The lowest BCUT2D eigenvalue weighted by atomic mass is 10.2. The van der Waals surface area contributed by atoms with Crippen molar-refractivity contribution >= 4 is 0 Å². The number of ether oxygens (including phenoxy) is 2. The molecule has 2 rings (SSSR count). The Kier molecular flexibility index (Phi) is 5.37. The Morgan fingerprint density at radius 3 is 3.10 bits per heavy atom. The van der Waals surface area contributed by atoms with Crippen molar-refractivity contribution in [2.45, 2.75) is 12.5 Å². The summed E-state index contributed by atoms with van der Waals surface area (Å²) in [7, 11) is 0. The smallest absolute Gasteiger partial charge is 0.156 e. The van der Waals surface area contributed by atoms with Gasteiger partial charge in [0.1, 0.15) is 5.75 Å². The van der Waals surface area contributed by atoms with Crippen LogP contribution in [0.1, 0.15) is 12.0 Å². The lowest BCUT2D eigenvalue weighted by molar-refractivity contribution is -0.000845. The van der Waals surface area contributed by atoms with E-state index in [2.05, 4.69) is 17.0 Å². The molecule has 1 aromatic rings. The second-order valence-electron chi connectivity index (χ2n) is 4.63. The second kappa shape index (κ2) is 7.49. The standard InChI is InChI=1S/C15H17N3O2/c16-10-13-3-1-4-14(9-13)19-7-2-5-18-6-8-20-15(11-17)12-18/h1,3-4,9,15H,2,5-8,12H2. The van der Waals surface area contributed by atoms with Gasteiger partial charge in [-0.2, -0.15) is 10.5 Å². The predicted molar refractivity (Wildman–Crippen MR) is 73.1 cm³/mol. The molecule has 1 atom stereocenters. The summed E-state index contributed by atoms with van der Waals surface area (Å²) in [5, 5.41) is 17.6. The normalized spacial score (nSPS) is 19.0. The first-order valence-corrected chi connectivity index (χ1v) is 6.68. The van der Waals surface area contributed by atoms with E-state index in [9.17, 15) is 0 Å². The highest BCUT2D eigenvalue weighted by molar-refractivity contribution is 5.36. The first-order valence-electron chi connectivity index (χ1n) is 6.68. The quantitative estimate of drug-likeness (QED) is 0.760. The third-order valence-electron chi connectivity index (χ3n) is 3.15. The molecule has 0 aromatic heterocycles. The van der Waals surface area contributed by atoms with Crippen LogP contribution in [-0.2, 0) is 4.74 Å². The highest BCUT2D eigenvalue weighted by Crippen LogP contribution is 2.13. The summed E-state index contributed by atoms with van der Waals surface area (Å²) in [5.74, 6) is 0.723. The summed E-state index contributed by atoms with van der Waals surface area (Å²) in [6, 6.07) is 11.4. The van der Waals surface area contributed by atoms with E-state index in [1.54, 1.807) is 12.1 Å². The molecule has 0 aliphatic carbocycles. The van der Waals surface area contributed by atoms with Gasteiger partial charge in [0.25, 0.3) is 0 Å². The number of nitriles is 2. The molecule has 0 spiro atoms. The topological polar surface area (TPSA) is 69.3 Å². The third kappa shape index (κ3) is 4.24. The Morgan fingerprint density at radius 1 is 1.40 bits per heavy atom. The van der Waals surface area contributed by atoms with Crippen molar-refractivity contribution in [3.8, 4) is 17.9 Å². The van der Waals surface area contributed by atoms with Gasteiger partial charge >= 0.3 is 0 Å². The van der Waals surface area contributed by atoms with Gasteiger partial charge in [-0.1, -0.05) is 6.07 Å². The third-order valence-corrected chi connectivity index (χ3v) is 3.15. The molecule has 0 radical (unpaired) electrons. The van der Waals surface area contributed by atoms with Crippen molar-refractivity contribution < 1.29 is 9.47 Å². The molecule has 1 unspecified atom stereocenters. The van der Waals surface area contributed by atoms with E-state index in [1.807, 2.05) is 12.1 Å². The van der Waals surface area contributed by atoms with Crippen LogP contribution in [0.2, 0.25) is 0 Å². The molecular formula is C15H17N3O2. The average Bonchev–Trinajstić information content (AvgIpc) is 2.52. The fourth-order valence-electron chi connectivity index (χ4n) is 2.12. The molecule has 1 aliphatic rings. The highest BCUT2D eigenvalue weighted by Gasteiger charge is 2.19. The van der Waals surface area contributed by atoms with E-state index in [-0.39, 0.29) is 6.10 Å². The van der Waals surface area contributed by atoms with Crippen molar-refractivity contribution in [3.05, 3.63) is 29.8 Å². The van der Waals surface area contributed by atoms with Crippen LogP contribution in [0.4, 0.5) is 0 Å². The molecule has 0 N–H and O–H groups in total. The van der Waals surface area contributed by atoms with E-state index in [0.717, 1.165) is 25.3 Å². The van der Waals surface area contributed by atoms with Gasteiger partial charge in [-0.25, -0.2) is 0 Å². The Labute approximate surface area is 118 Å². The number of hydrogen-bond acceptors (Lipinski definition) is 5. The number of rotatable bonds is 5. The van der Waals surface area contributed by atoms with Crippen LogP contribution in [0, 0.1) is 22.7 Å². The van der Waals surface area contributed by atoms with Crippen molar-refractivity contribution in [1.29, 1.82) is 10.5 Å². The van der Waals surface area contributed by atoms with Gasteiger partial charge in [0.2, 0.25) is 0 Å². The van der Waals surface area contributed by atoms with Crippen molar-refractivity contribution in [3.63, 3.8) is 0 Å². The van der Waals surface area contributed by atoms with Gasteiger partial charge in [-0.05, 0) is 24.6 Å². The van der Waals surface area contributed by atoms with Crippen LogP contribution in [0.25, 0.3) is 0 Å². The second-order valence-corrected chi connectivity index (χ2v) is 4.63. The minimum absolute atomic E-state index is 0.308. The van der Waals surface area contributed by atoms with Crippen LogP contribution in [0.15, 0.2) is 24.3 Å². The molecule has 1 heterocycles. The molecule has 1 saturated heterocycles. The molecule has 104 valence electrons. The van der Waals surface area contributed by atoms with E-state index < -0.39 is 0 Å². The lowest BCUT2D eigenvalue weighted by Gasteiger charge is -2.29. The minimum Gasteiger partial charge on any atom is -0.494 e. The Hall–Kier alpha value is -2.08. The Bertz CT molecular complexity index is 519. The molecule has 0 bridgehead atoms. The first-order chi connectivity index (χ1) is 9.81. The van der Waals surface area contributed by atoms with Crippen LogP contribution >= 0.6 is 0 Å². The molecule has 20 heavy (non-hydrogen) atoms. The largest absolute Gasteiger partial charge is 0.494 e. The fourth-order valence-corrected chi connectivity index (χ4v) is 2.12. The van der Waals surface area contributed by atoms with Gasteiger partial charge in [0.15, 0.2) is 6.10 Å². The molecule has 0 amide bonds. The van der Waals surface area contributed by atoms with E-state index in [4.69, 9.17) is 20.0 Å². The number of nitrogens with zero attached hydrogens (tertiary/aromatic N) is 3. The van der Waals surface area contributed by atoms with E-state index in [0.29, 0.717) is 25.3 Å². The average molecular weight is 271 g/mol. The zero-order valence-corrected chi connectivity index (χ0v) is 11.3. The molecular weight excluding hydrogens is 254 g/mol. The maximum atomic E-state index is 8.83. The number of benzene rings is 1. The molecule has 1 fully saturated rings. The molecule has 1 aromatic carbocycles. The monoisotopic (exact) mass is 271 g/mol. The van der Waals surface area contributed by atoms with Crippen LogP contribution in [-0.4, -0.2) is 43.9 Å². The summed E-state index contributed by atoms with van der Waals surface area (Å²) in [6.07, 6.45) is 0.576. The number of hydrogen-bond donors (Lipinski definition) is 0. The SMILES string of the molecule is N#Cc1cccc(OCCCN2CCOC(C#N)C2)c1. The maximum absolute atomic E-state index is 8.83. The van der Waals surface area contributed by atoms with Gasteiger partial charge in [-0.15, -0.1) is 0 Å². The highest BCUT2D eigenvalue weighted by atomic mass is 16.5. The molecule has 0 saturated carbocycles. The van der Waals surface area contributed by atoms with Gasteiger partial charge in [0, 0.05) is 19.6 Å². The van der Waals surface area contributed by atoms with Crippen LogP contribution < -0.4 is 4.74 Å². The maximum Gasteiger partial charge on any atom is 0.156 e. The van der Waals surface area contributed by atoms with Gasteiger partial charge in [0.05, 0.1) is 30.9 Å².